The summed E-state index contributed by atoms with van der Waals surface area (Å²) < 4.78 is 3.98. The summed E-state index contributed by atoms with van der Waals surface area (Å²) in [4.78, 5) is 9.34. The van der Waals surface area contributed by atoms with Crippen molar-refractivity contribution in [2.75, 3.05) is 13.1 Å². The van der Waals surface area contributed by atoms with Crippen molar-refractivity contribution in [1.29, 1.82) is 0 Å². The lowest BCUT2D eigenvalue weighted by atomic mass is 10.1. The van der Waals surface area contributed by atoms with E-state index in [0.29, 0.717) is 18.5 Å². The summed E-state index contributed by atoms with van der Waals surface area (Å²) in [5.74, 6) is 3.26. The maximum atomic E-state index is 4.69. The summed E-state index contributed by atoms with van der Waals surface area (Å²) in [6, 6.07) is 0.314. The van der Waals surface area contributed by atoms with Gasteiger partial charge >= 0.3 is 0 Å². The highest BCUT2D eigenvalue weighted by molar-refractivity contribution is 14.0. The number of nitrogens with one attached hydrogen (secondary N) is 2. The van der Waals surface area contributed by atoms with Crippen molar-refractivity contribution in [3.63, 3.8) is 0 Å². The Kier molecular flexibility index (Phi) is 8.06. The van der Waals surface area contributed by atoms with Crippen LogP contribution in [0, 0.1) is 6.92 Å². The van der Waals surface area contributed by atoms with Crippen molar-refractivity contribution in [2.24, 2.45) is 4.99 Å². The number of fused-ring (bicyclic) bond motifs is 1. The molecule has 2 aromatic rings. The lowest BCUT2D eigenvalue weighted by molar-refractivity contribution is 0.391. The van der Waals surface area contributed by atoms with Crippen LogP contribution in [0.2, 0.25) is 0 Å². The highest BCUT2D eigenvalue weighted by Gasteiger charge is 2.23. The minimum Gasteiger partial charge on any atom is -0.357 e. The molecule has 8 nitrogen and oxygen atoms in total. The average molecular weight is 486 g/mol. The van der Waals surface area contributed by atoms with Crippen LogP contribution in [-0.2, 0) is 19.5 Å². The third-order valence-corrected chi connectivity index (χ3v) is 4.44. The Morgan fingerprint density at radius 1 is 1.41 bits per heavy atom. The number of rotatable bonds is 6. The Labute approximate surface area is 178 Å². The fourth-order valence-corrected chi connectivity index (χ4v) is 3.06. The zero-order chi connectivity index (χ0) is 18.5. The minimum absolute atomic E-state index is 0. The molecular weight excluding hydrogens is 455 g/mol. The van der Waals surface area contributed by atoms with Crippen molar-refractivity contribution in [3.05, 3.63) is 29.6 Å². The number of halogens is 1. The van der Waals surface area contributed by atoms with Gasteiger partial charge in [0.25, 0.3) is 0 Å². The van der Waals surface area contributed by atoms with E-state index in [-0.39, 0.29) is 24.0 Å². The van der Waals surface area contributed by atoms with E-state index in [4.69, 9.17) is 0 Å². The molecule has 150 valence electrons. The molecule has 9 heteroatoms. The summed E-state index contributed by atoms with van der Waals surface area (Å²) in [5, 5.41) is 15.8. The third kappa shape index (κ3) is 5.91. The zero-order valence-electron chi connectivity index (χ0n) is 16.6. The average Bonchev–Trinajstić information content (AvgIpc) is 3.21. The predicted octanol–water partition coefficient (Wildman–Crippen LogP) is 2.09. The highest BCUT2D eigenvalue weighted by atomic mass is 127. The predicted molar refractivity (Wildman–Crippen MR) is 118 cm³/mol. The Morgan fingerprint density at radius 3 is 2.89 bits per heavy atom. The van der Waals surface area contributed by atoms with Gasteiger partial charge in [-0.1, -0.05) is 13.8 Å². The summed E-state index contributed by atoms with van der Waals surface area (Å²) >= 11 is 0. The second-order valence-corrected chi connectivity index (χ2v) is 7.14. The van der Waals surface area contributed by atoms with Gasteiger partial charge in [-0.25, -0.2) is 9.67 Å². The van der Waals surface area contributed by atoms with Gasteiger partial charge in [0.05, 0.1) is 25.8 Å². The summed E-state index contributed by atoms with van der Waals surface area (Å²) in [6.07, 6.45) is 5.90. The number of hydrogen-bond acceptors (Lipinski definition) is 4. The summed E-state index contributed by atoms with van der Waals surface area (Å²) in [6.45, 7) is 11.5. The molecule has 2 aromatic heterocycles. The molecule has 0 amide bonds. The van der Waals surface area contributed by atoms with Crippen LogP contribution in [0.15, 0.2) is 17.4 Å². The van der Waals surface area contributed by atoms with Gasteiger partial charge in [-0.2, -0.15) is 10.2 Å². The zero-order valence-corrected chi connectivity index (χ0v) is 19.0. The Morgan fingerprint density at radius 2 is 2.22 bits per heavy atom. The molecule has 0 saturated heterocycles. The molecule has 0 fully saturated rings. The molecule has 0 aliphatic carbocycles. The smallest absolute Gasteiger partial charge is 0.191 e. The van der Waals surface area contributed by atoms with Crippen LogP contribution in [0.1, 0.15) is 50.3 Å². The molecule has 0 spiro atoms. The lowest BCUT2D eigenvalue weighted by Gasteiger charge is -2.25. The molecule has 3 rings (SSSR count). The number of hydrogen-bond donors (Lipinski definition) is 2. The van der Waals surface area contributed by atoms with Crippen molar-refractivity contribution >= 4 is 29.9 Å². The van der Waals surface area contributed by atoms with Crippen molar-refractivity contribution in [3.8, 4) is 0 Å². The maximum absolute atomic E-state index is 4.69. The minimum atomic E-state index is 0. The normalized spacial score (nSPS) is 16.8. The fourth-order valence-electron chi connectivity index (χ4n) is 3.06. The molecule has 2 N–H and O–H groups in total. The molecule has 3 heterocycles. The first-order chi connectivity index (χ1) is 12.5. The SMILES string of the molecule is CCNC(=NCCn1cc(C)cn1)NC1CCc2nc(C(C)C)nn2C1.I. The molecule has 27 heavy (non-hydrogen) atoms. The number of aliphatic imine (C=N–C) groups is 1. The highest BCUT2D eigenvalue weighted by Crippen LogP contribution is 2.16. The van der Waals surface area contributed by atoms with Gasteiger partial charge in [-0.15, -0.1) is 24.0 Å². The second kappa shape index (κ2) is 10.0. The van der Waals surface area contributed by atoms with Gasteiger partial charge in [0.2, 0.25) is 0 Å². The van der Waals surface area contributed by atoms with Crippen LogP contribution in [0.25, 0.3) is 0 Å². The Hall–Kier alpha value is -1.65. The molecule has 1 atom stereocenters. The van der Waals surface area contributed by atoms with Crippen molar-refractivity contribution in [2.45, 2.75) is 65.6 Å². The molecule has 1 aliphatic heterocycles. The number of aryl methyl sites for hydroxylation is 2. The van der Waals surface area contributed by atoms with Crippen LogP contribution in [-0.4, -0.2) is 49.6 Å². The first-order valence-corrected chi connectivity index (χ1v) is 9.52. The fraction of sp³-hybridized carbons (Fsp3) is 0.667. The monoisotopic (exact) mass is 486 g/mol. The van der Waals surface area contributed by atoms with Crippen LogP contribution in [0.5, 0.6) is 0 Å². The van der Waals surface area contributed by atoms with Gasteiger partial charge in [0, 0.05) is 31.1 Å². The van der Waals surface area contributed by atoms with Gasteiger partial charge < -0.3 is 10.6 Å². The van der Waals surface area contributed by atoms with Gasteiger partial charge in [0.1, 0.15) is 5.82 Å². The number of aromatic nitrogens is 5. The van der Waals surface area contributed by atoms with Crippen LogP contribution >= 0.6 is 24.0 Å². The standard InChI is InChI=1S/C18H30N8.HI/c1-5-19-18(20-8-9-25-11-14(4)10-21-25)22-15-6-7-16-23-17(13(2)3)24-26(16)12-15;/h10-11,13,15H,5-9,12H2,1-4H3,(H2,19,20,22);1H. The van der Waals surface area contributed by atoms with Gasteiger partial charge in [-0.3, -0.25) is 9.67 Å². The number of nitrogens with zero attached hydrogens (tertiary/aromatic N) is 6. The molecule has 1 unspecified atom stereocenters. The Balaban J connectivity index is 0.00000261. The molecule has 0 bridgehead atoms. The molecule has 0 saturated carbocycles. The first-order valence-electron chi connectivity index (χ1n) is 9.52. The largest absolute Gasteiger partial charge is 0.357 e. The summed E-state index contributed by atoms with van der Waals surface area (Å²) in [5.41, 5.74) is 1.17. The quantitative estimate of drug-likeness (QED) is 0.371. The van der Waals surface area contributed by atoms with Crippen LogP contribution in [0.3, 0.4) is 0 Å². The van der Waals surface area contributed by atoms with E-state index in [1.165, 1.54) is 5.56 Å². The van der Waals surface area contributed by atoms with E-state index in [1.54, 1.807) is 0 Å². The van der Waals surface area contributed by atoms with E-state index in [0.717, 1.165) is 50.1 Å². The Bertz CT molecular complexity index is 748. The second-order valence-electron chi connectivity index (χ2n) is 7.14. The van der Waals surface area contributed by atoms with Gasteiger partial charge in [0.15, 0.2) is 11.8 Å². The topological polar surface area (TPSA) is 84.9 Å². The van der Waals surface area contributed by atoms with Crippen molar-refractivity contribution < 1.29 is 0 Å². The molecule has 1 aliphatic rings. The van der Waals surface area contributed by atoms with Gasteiger partial charge in [-0.05, 0) is 25.8 Å². The molecule has 0 aromatic carbocycles. The maximum Gasteiger partial charge on any atom is 0.191 e. The van der Waals surface area contributed by atoms with E-state index in [2.05, 4.69) is 51.6 Å². The lowest BCUT2D eigenvalue weighted by Crippen LogP contribution is -2.47. The molecular formula is C18H31IN8. The van der Waals surface area contributed by atoms with E-state index in [9.17, 15) is 0 Å². The van der Waals surface area contributed by atoms with E-state index >= 15 is 0 Å². The van der Waals surface area contributed by atoms with Crippen LogP contribution in [0.4, 0.5) is 0 Å². The van der Waals surface area contributed by atoms with Crippen LogP contribution < -0.4 is 10.6 Å². The van der Waals surface area contributed by atoms with E-state index < -0.39 is 0 Å². The molecule has 0 radical (unpaired) electrons. The first kappa shape index (κ1) is 21.6. The van der Waals surface area contributed by atoms with E-state index in [1.807, 2.05) is 28.7 Å². The summed E-state index contributed by atoms with van der Waals surface area (Å²) in [7, 11) is 0. The number of guanidine groups is 1. The third-order valence-electron chi connectivity index (χ3n) is 4.44. The van der Waals surface area contributed by atoms with Crippen molar-refractivity contribution in [1.82, 2.24) is 35.2 Å².